The number of hydrogen-bond acceptors (Lipinski definition) is 8. The van der Waals surface area contributed by atoms with Crippen LogP contribution in [0.3, 0.4) is 0 Å². The summed E-state index contributed by atoms with van der Waals surface area (Å²) in [6.07, 6.45) is 1.28. The number of nitrogens with zero attached hydrogens (tertiary/aromatic N) is 2. The lowest BCUT2D eigenvalue weighted by molar-refractivity contribution is -0.384. The van der Waals surface area contributed by atoms with E-state index in [1.165, 1.54) is 31.4 Å². The molecule has 0 bridgehead atoms. The van der Waals surface area contributed by atoms with E-state index in [4.69, 9.17) is 9.47 Å². The summed E-state index contributed by atoms with van der Waals surface area (Å²) < 4.78 is 11.6. The van der Waals surface area contributed by atoms with Gasteiger partial charge in [0.15, 0.2) is 18.1 Å². The summed E-state index contributed by atoms with van der Waals surface area (Å²) in [7, 11) is 1.40. The van der Waals surface area contributed by atoms with Gasteiger partial charge in [-0.2, -0.15) is 0 Å². The average Bonchev–Trinajstić information content (AvgIpc) is 2.91. The predicted octanol–water partition coefficient (Wildman–Crippen LogP) is 4.20. The van der Waals surface area contributed by atoms with Crippen molar-refractivity contribution in [3.63, 3.8) is 0 Å². The third-order valence-corrected chi connectivity index (χ3v) is 6.47. The van der Waals surface area contributed by atoms with Gasteiger partial charge in [0.25, 0.3) is 23.4 Å². The zero-order valence-electron chi connectivity index (χ0n) is 21.1. The fourth-order valence-electron chi connectivity index (χ4n) is 3.72. The molecule has 1 fully saturated rings. The molecule has 13 heteroatoms. The number of amides is 5. The Kier molecular flexibility index (Phi) is 8.43. The highest BCUT2D eigenvalue weighted by atomic mass is 127. The average molecular weight is 656 g/mol. The number of barbiturate groups is 1. The van der Waals surface area contributed by atoms with Gasteiger partial charge in [-0.05, 0) is 77.6 Å². The van der Waals surface area contributed by atoms with Crippen molar-refractivity contribution >= 4 is 69.5 Å². The van der Waals surface area contributed by atoms with Crippen LogP contribution in [0.2, 0.25) is 0 Å². The Hall–Kier alpha value is -4.79. The number of non-ortho nitro benzene ring substituents is 1. The summed E-state index contributed by atoms with van der Waals surface area (Å²) in [5.74, 6) is -1.67. The van der Waals surface area contributed by atoms with Crippen molar-refractivity contribution < 1.29 is 33.6 Å². The molecule has 0 aliphatic carbocycles. The van der Waals surface area contributed by atoms with Crippen LogP contribution in [0.5, 0.6) is 11.5 Å². The first-order valence-corrected chi connectivity index (χ1v) is 12.7. The SMILES string of the molecule is COc1cc(/C=C2\C(=O)NC(=O)N(c3ccc([N+](=O)[O-])cc3)C2=O)cc(I)c1OCC(=O)Nc1ccc(C)cc1. The molecule has 3 aromatic carbocycles. The summed E-state index contributed by atoms with van der Waals surface area (Å²) >= 11 is 1.97. The lowest BCUT2D eigenvalue weighted by Gasteiger charge is -2.26. The van der Waals surface area contributed by atoms with E-state index in [0.717, 1.165) is 17.7 Å². The summed E-state index contributed by atoms with van der Waals surface area (Å²) in [5, 5.41) is 15.8. The molecule has 40 heavy (non-hydrogen) atoms. The standard InChI is InChI=1S/C27H21IN4O8/c1-15-3-5-17(6-4-15)29-23(33)14-40-24-21(28)12-16(13-22(24)39-2)11-20-25(34)30-27(36)31(26(20)35)18-7-9-19(10-8-18)32(37)38/h3-13H,14H2,1-2H3,(H,29,33)(H,30,34,36)/b20-11+. The number of nitro groups is 1. The van der Waals surface area contributed by atoms with E-state index in [0.29, 0.717) is 19.7 Å². The number of benzene rings is 3. The maximum absolute atomic E-state index is 13.2. The van der Waals surface area contributed by atoms with Crippen molar-refractivity contribution in [1.82, 2.24) is 5.32 Å². The van der Waals surface area contributed by atoms with E-state index in [1.807, 2.05) is 41.6 Å². The van der Waals surface area contributed by atoms with Crippen LogP contribution in [0, 0.1) is 20.6 Å². The molecular formula is C27H21IN4O8. The van der Waals surface area contributed by atoms with Crippen LogP contribution in [0.15, 0.2) is 66.2 Å². The molecule has 2 N–H and O–H groups in total. The second-order valence-corrected chi connectivity index (χ2v) is 9.63. The first-order chi connectivity index (χ1) is 19.1. The van der Waals surface area contributed by atoms with Crippen LogP contribution in [-0.2, 0) is 14.4 Å². The van der Waals surface area contributed by atoms with E-state index in [-0.39, 0.29) is 41.0 Å². The molecule has 4 rings (SSSR count). The molecule has 1 aliphatic heterocycles. The molecule has 5 amide bonds. The van der Waals surface area contributed by atoms with Crippen molar-refractivity contribution in [1.29, 1.82) is 0 Å². The molecule has 12 nitrogen and oxygen atoms in total. The van der Waals surface area contributed by atoms with Gasteiger partial charge in [0.05, 0.1) is 21.3 Å². The number of imide groups is 2. The highest BCUT2D eigenvalue weighted by Gasteiger charge is 2.37. The molecule has 1 saturated heterocycles. The van der Waals surface area contributed by atoms with E-state index in [2.05, 4.69) is 10.6 Å². The minimum Gasteiger partial charge on any atom is -0.493 e. The third kappa shape index (κ3) is 6.26. The van der Waals surface area contributed by atoms with E-state index >= 15 is 0 Å². The van der Waals surface area contributed by atoms with Gasteiger partial charge in [0.1, 0.15) is 5.57 Å². The molecule has 0 spiro atoms. The smallest absolute Gasteiger partial charge is 0.335 e. The number of carbonyl (C=O) groups is 4. The maximum atomic E-state index is 13.2. The molecular weight excluding hydrogens is 635 g/mol. The predicted molar refractivity (Wildman–Crippen MR) is 153 cm³/mol. The van der Waals surface area contributed by atoms with Crippen molar-refractivity contribution in [2.45, 2.75) is 6.92 Å². The Morgan fingerprint density at radius 2 is 1.77 bits per heavy atom. The number of nitrogens with one attached hydrogen (secondary N) is 2. The van der Waals surface area contributed by atoms with Crippen LogP contribution >= 0.6 is 22.6 Å². The quantitative estimate of drug-likeness (QED) is 0.120. The minimum absolute atomic E-state index is 0.0475. The largest absolute Gasteiger partial charge is 0.493 e. The normalized spacial score (nSPS) is 14.1. The van der Waals surface area contributed by atoms with Crippen LogP contribution in [0.25, 0.3) is 6.08 Å². The number of halogens is 1. The first kappa shape index (κ1) is 28.2. The van der Waals surface area contributed by atoms with Gasteiger partial charge in [-0.1, -0.05) is 17.7 Å². The fraction of sp³-hybridized carbons (Fsp3) is 0.111. The zero-order chi connectivity index (χ0) is 29.0. The van der Waals surface area contributed by atoms with Crippen LogP contribution in [0.1, 0.15) is 11.1 Å². The monoisotopic (exact) mass is 656 g/mol. The maximum Gasteiger partial charge on any atom is 0.335 e. The summed E-state index contributed by atoms with van der Waals surface area (Å²) in [6, 6.07) is 14.2. The number of ether oxygens (including phenoxy) is 2. The molecule has 0 aromatic heterocycles. The highest BCUT2D eigenvalue weighted by Crippen LogP contribution is 2.35. The summed E-state index contributed by atoms with van der Waals surface area (Å²) in [6.45, 7) is 1.64. The lowest BCUT2D eigenvalue weighted by Crippen LogP contribution is -2.54. The van der Waals surface area contributed by atoms with Gasteiger partial charge < -0.3 is 14.8 Å². The number of aryl methyl sites for hydroxylation is 1. The molecule has 0 radical (unpaired) electrons. The van der Waals surface area contributed by atoms with Gasteiger partial charge >= 0.3 is 6.03 Å². The van der Waals surface area contributed by atoms with E-state index in [1.54, 1.807) is 18.2 Å². The topological polar surface area (TPSA) is 157 Å². The van der Waals surface area contributed by atoms with Crippen LogP contribution < -0.4 is 25.0 Å². The molecule has 0 unspecified atom stereocenters. The number of methoxy groups -OCH3 is 1. The van der Waals surface area contributed by atoms with Crippen molar-refractivity contribution in [3.05, 3.63) is 91.0 Å². The minimum atomic E-state index is -0.985. The summed E-state index contributed by atoms with van der Waals surface area (Å²) in [4.78, 5) is 61.5. The number of rotatable bonds is 8. The number of hydrogen-bond donors (Lipinski definition) is 2. The first-order valence-electron chi connectivity index (χ1n) is 11.6. The number of urea groups is 1. The Balaban J connectivity index is 1.55. The number of carbonyl (C=O) groups excluding carboxylic acids is 4. The van der Waals surface area contributed by atoms with Gasteiger partial charge in [-0.3, -0.25) is 29.8 Å². The molecule has 204 valence electrons. The molecule has 0 saturated carbocycles. The molecule has 0 atom stereocenters. The van der Waals surface area contributed by atoms with Crippen molar-refractivity contribution in [3.8, 4) is 11.5 Å². The molecule has 1 aliphatic rings. The Bertz CT molecular complexity index is 1550. The van der Waals surface area contributed by atoms with Gasteiger partial charge in [0, 0.05) is 17.8 Å². The summed E-state index contributed by atoms with van der Waals surface area (Å²) in [5.41, 5.74) is 1.54. The van der Waals surface area contributed by atoms with E-state index in [9.17, 15) is 29.3 Å². The Labute approximate surface area is 241 Å². The number of anilines is 2. The second-order valence-electron chi connectivity index (χ2n) is 8.47. The molecule has 3 aromatic rings. The van der Waals surface area contributed by atoms with Gasteiger partial charge in [0.2, 0.25) is 0 Å². The highest BCUT2D eigenvalue weighted by molar-refractivity contribution is 14.1. The third-order valence-electron chi connectivity index (χ3n) is 5.67. The fourth-order valence-corrected chi connectivity index (χ4v) is 4.50. The Morgan fingerprint density at radius 3 is 2.40 bits per heavy atom. The number of nitro benzene ring substituents is 1. The van der Waals surface area contributed by atoms with Gasteiger partial charge in [-0.25, -0.2) is 9.69 Å². The lowest BCUT2D eigenvalue weighted by atomic mass is 10.1. The van der Waals surface area contributed by atoms with Crippen molar-refractivity contribution in [2.75, 3.05) is 23.9 Å². The van der Waals surface area contributed by atoms with Gasteiger partial charge in [-0.15, -0.1) is 0 Å². The van der Waals surface area contributed by atoms with Crippen LogP contribution in [-0.4, -0.2) is 42.4 Å². The molecule has 1 heterocycles. The van der Waals surface area contributed by atoms with Crippen LogP contribution in [0.4, 0.5) is 21.9 Å². The Morgan fingerprint density at radius 1 is 1.10 bits per heavy atom. The van der Waals surface area contributed by atoms with Crippen molar-refractivity contribution in [2.24, 2.45) is 0 Å². The zero-order valence-corrected chi connectivity index (χ0v) is 23.3. The van der Waals surface area contributed by atoms with E-state index < -0.39 is 22.8 Å². The second kappa shape index (κ2) is 11.9.